The van der Waals surface area contributed by atoms with E-state index in [0.29, 0.717) is 25.0 Å². The van der Waals surface area contributed by atoms with Crippen LogP contribution in [0.4, 0.5) is 4.39 Å². The van der Waals surface area contributed by atoms with Gasteiger partial charge in [-0.2, -0.15) is 11.8 Å². The van der Waals surface area contributed by atoms with E-state index < -0.39 is 23.8 Å². The molecule has 1 aromatic carbocycles. The number of hydrogen-bond acceptors (Lipinski definition) is 5. The van der Waals surface area contributed by atoms with Gasteiger partial charge in [0.25, 0.3) is 0 Å². The number of rotatable bonds is 12. The maximum atomic E-state index is 13.1. The Labute approximate surface area is 176 Å². The van der Waals surface area contributed by atoms with Gasteiger partial charge in [-0.05, 0) is 43.4 Å². The van der Waals surface area contributed by atoms with Gasteiger partial charge in [0.15, 0.2) is 0 Å². The van der Waals surface area contributed by atoms with Crippen molar-refractivity contribution in [3.8, 4) is 0 Å². The molecule has 7 heteroatoms. The van der Waals surface area contributed by atoms with Crippen molar-refractivity contribution >= 4 is 17.7 Å². The molecular formula is C22H33FO5S. The highest BCUT2D eigenvalue weighted by molar-refractivity contribution is 8.00. The lowest BCUT2D eigenvalue weighted by atomic mass is 9.97. The molecule has 1 saturated carbocycles. The maximum absolute atomic E-state index is 13.1. The van der Waals surface area contributed by atoms with Gasteiger partial charge in [-0.25, -0.2) is 4.39 Å². The van der Waals surface area contributed by atoms with Crippen LogP contribution in [0.25, 0.3) is 0 Å². The number of aliphatic hydroxyl groups is 3. The average Bonchev–Trinajstić information content (AvgIpc) is 2.90. The van der Waals surface area contributed by atoms with Crippen molar-refractivity contribution in [1.82, 2.24) is 0 Å². The molecule has 1 fully saturated rings. The topological polar surface area (TPSA) is 98.0 Å². The number of hydrogen-bond donors (Lipinski definition) is 4. The molecule has 0 bridgehead atoms. The fourth-order valence-electron chi connectivity index (χ4n) is 4.03. The zero-order valence-electron chi connectivity index (χ0n) is 17.0. The summed E-state index contributed by atoms with van der Waals surface area (Å²) >= 11 is 1.49. The Morgan fingerprint density at radius 1 is 1.14 bits per heavy atom. The first-order valence-electron chi connectivity index (χ1n) is 10.3. The Bertz CT molecular complexity index is 637. The molecule has 0 aromatic heterocycles. The minimum Gasteiger partial charge on any atom is -0.481 e. The van der Waals surface area contributed by atoms with Gasteiger partial charge in [0.1, 0.15) is 5.82 Å². The Hall–Kier alpha value is -1.15. The minimum absolute atomic E-state index is 0.0314. The van der Waals surface area contributed by atoms with E-state index in [9.17, 15) is 24.5 Å². The molecule has 0 amide bonds. The predicted octanol–water partition coefficient (Wildman–Crippen LogP) is 3.39. The molecule has 0 spiro atoms. The molecule has 5 atom stereocenters. The average molecular weight is 429 g/mol. The van der Waals surface area contributed by atoms with Crippen LogP contribution in [-0.2, 0) is 11.2 Å². The number of aliphatic carboxylic acids is 1. The summed E-state index contributed by atoms with van der Waals surface area (Å²) < 4.78 is 13.1. The fraction of sp³-hybridized carbons (Fsp3) is 0.682. The van der Waals surface area contributed by atoms with Crippen LogP contribution in [0.1, 0.15) is 57.4 Å². The van der Waals surface area contributed by atoms with Crippen LogP contribution in [-0.4, -0.2) is 55.2 Å². The van der Waals surface area contributed by atoms with Crippen LogP contribution in [0.2, 0.25) is 0 Å². The van der Waals surface area contributed by atoms with Crippen molar-refractivity contribution in [3.63, 3.8) is 0 Å². The minimum atomic E-state index is -1.00. The summed E-state index contributed by atoms with van der Waals surface area (Å²) in [7, 11) is 0. The van der Waals surface area contributed by atoms with Crippen molar-refractivity contribution in [2.75, 3.05) is 5.75 Å². The summed E-state index contributed by atoms with van der Waals surface area (Å²) in [6, 6.07) is 6.08. The van der Waals surface area contributed by atoms with E-state index in [4.69, 9.17) is 5.11 Å². The van der Waals surface area contributed by atoms with Crippen molar-refractivity contribution in [2.45, 2.75) is 81.3 Å². The van der Waals surface area contributed by atoms with E-state index in [0.717, 1.165) is 31.2 Å². The van der Waals surface area contributed by atoms with Crippen LogP contribution >= 0.6 is 11.8 Å². The third-order valence-corrected chi connectivity index (χ3v) is 7.38. The third-order valence-electron chi connectivity index (χ3n) is 5.54. The molecule has 0 saturated heterocycles. The number of halogens is 1. The van der Waals surface area contributed by atoms with Crippen LogP contribution in [0.3, 0.4) is 0 Å². The Balaban J connectivity index is 1.81. The predicted molar refractivity (Wildman–Crippen MR) is 112 cm³/mol. The molecule has 5 nitrogen and oxygen atoms in total. The first kappa shape index (κ1) is 24.1. The van der Waals surface area contributed by atoms with Crippen molar-refractivity contribution in [1.29, 1.82) is 0 Å². The molecule has 4 N–H and O–H groups in total. The molecule has 164 valence electrons. The van der Waals surface area contributed by atoms with Gasteiger partial charge in [0, 0.05) is 30.3 Å². The first-order chi connectivity index (χ1) is 13.7. The molecule has 0 radical (unpaired) electrons. The molecule has 1 aliphatic carbocycles. The monoisotopic (exact) mass is 428 g/mol. The number of thioether (sulfide) groups is 1. The summed E-state index contributed by atoms with van der Waals surface area (Å²) in [6.45, 7) is 1.73. The largest absolute Gasteiger partial charge is 0.481 e. The standard InChI is InChI=1S/C22H33FO5S/c1-22(28,13-15-8-10-16(23)11-9-15)14-29-21-17(18(24)12-19(21)25)6-4-2-3-5-7-20(26)27/h8-11,17-19,21,24-25,28H,2-7,12-14H2,1H3,(H,26,27)/t17-,18?,19?,21+,22?/m0/s1. The van der Waals surface area contributed by atoms with E-state index >= 15 is 0 Å². The number of aliphatic hydroxyl groups excluding tert-OH is 2. The Morgan fingerprint density at radius 3 is 2.45 bits per heavy atom. The first-order valence-corrected chi connectivity index (χ1v) is 11.4. The third kappa shape index (κ3) is 8.24. The molecule has 1 aliphatic rings. The highest BCUT2D eigenvalue weighted by Crippen LogP contribution is 2.40. The molecule has 1 aromatic rings. The number of carboxylic acids is 1. The zero-order chi connectivity index (χ0) is 21.4. The maximum Gasteiger partial charge on any atom is 0.303 e. The summed E-state index contributed by atoms with van der Waals surface area (Å²) in [5.41, 5.74) is -0.154. The quantitative estimate of drug-likeness (QED) is 0.381. The van der Waals surface area contributed by atoms with Gasteiger partial charge < -0.3 is 20.4 Å². The van der Waals surface area contributed by atoms with Gasteiger partial charge in [-0.1, -0.05) is 31.4 Å². The molecule has 0 aliphatic heterocycles. The number of carbonyl (C=O) groups is 1. The van der Waals surface area contributed by atoms with E-state index in [-0.39, 0.29) is 23.4 Å². The van der Waals surface area contributed by atoms with Gasteiger partial charge in [0.05, 0.1) is 17.8 Å². The van der Waals surface area contributed by atoms with Crippen molar-refractivity contribution < 1.29 is 29.6 Å². The Kier molecular flexibility index (Phi) is 9.40. The van der Waals surface area contributed by atoms with E-state index in [1.165, 1.54) is 23.9 Å². The van der Waals surface area contributed by atoms with Crippen LogP contribution in [0.5, 0.6) is 0 Å². The van der Waals surface area contributed by atoms with E-state index in [1.807, 2.05) is 0 Å². The SMILES string of the molecule is CC(O)(CS[C@H]1C(O)CC(O)[C@@H]1CCCCCCC(=O)O)Cc1ccc(F)cc1. The summed E-state index contributed by atoms with van der Waals surface area (Å²) in [5, 5.41) is 40.0. The second-order valence-corrected chi connectivity index (χ2v) is 9.62. The van der Waals surface area contributed by atoms with Crippen LogP contribution in [0.15, 0.2) is 24.3 Å². The summed E-state index contributed by atoms with van der Waals surface area (Å²) in [4.78, 5) is 10.5. The fourth-order valence-corrected chi connectivity index (χ4v) is 5.58. The highest BCUT2D eigenvalue weighted by Gasteiger charge is 2.42. The van der Waals surface area contributed by atoms with Crippen molar-refractivity contribution in [2.24, 2.45) is 5.92 Å². The smallest absolute Gasteiger partial charge is 0.303 e. The summed E-state index contributed by atoms with van der Waals surface area (Å²) in [6.07, 6.45) is 3.86. The molecule has 0 heterocycles. The summed E-state index contributed by atoms with van der Waals surface area (Å²) in [5.74, 6) is -0.704. The van der Waals surface area contributed by atoms with Crippen LogP contribution < -0.4 is 0 Å². The Morgan fingerprint density at radius 2 is 1.79 bits per heavy atom. The van der Waals surface area contributed by atoms with Gasteiger partial charge in [0.2, 0.25) is 0 Å². The lowest BCUT2D eigenvalue weighted by molar-refractivity contribution is -0.137. The van der Waals surface area contributed by atoms with E-state index in [2.05, 4.69) is 0 Å². The second kappa shape index (κ2) is 11.3. The number of unbranched alkanes of at least 4 members (excludes halogenated alkanes) is 3. The van der Waals surface area contributed by atoms with E-state index in [1.54, 1.807) is 19.1 Å². The van der Waals surface area contributed by atoms with Crippen molar-refractivity contribution in [3.05, 3.63) is 35.6 Å². The lowest BCUT2D eigenvalue weighted by Gasteiger charge is -2.28. The molecule has 3 unspecified atom stereocenters. The number of carboxylic acid groups (broad SMARTS) is 1. The normalized spacial score (nSPS) is 26.4. The van der Waals surface area contributed by atoms with Gasteiger partial charge in [-0.3, -0.25) is 4.79 Å². The van der Waals surface area contributed by atoms with Gasteiger partial charge in [-0.15, -0.1) is 0 Å². The molecular weight excluding hydrogens is 395 g/mol. The second-order valence-electron chi connectivity index (χ2n) is 8.46. The zero-order valence-corrected chi connectivity index (χ0v) is 17.8. The molecule has 29 heavy (non-hydrogen) atoms. The molecule has 2 rings (SSSR count). The van der Waals surface area contributed by atoms with Crippen LogP contribution in [0, 0.1) is 11.7 Å². The highest BCUT2D eigenvalue weighted by atomic mass is 32.2. The number of benzene rings is 1. The van der Waals surface area contributed by atoms with Gasteiger partial charge >= 0.3 is 5.97 Å². The lowest BCUT2D eigenvalue weighted by Crippen LogP contribution is -2.34.